The standard InChI is InChI=1S/C73H142O17P2/c1-9-66(8)52-44-36-28-20-16-12-10-11-13-17-22-30-39-47-55-72(77)89-68(59-83-70(75)53-45-37-29-21-18-14-15-19-25-33-41-49-63(2)3)61-87-91(79,80)85-57-67(74)58-86-92(81,82)88-62-69(90-73(78)56-48-40-32-24-27-35-43-51-65(6)7)60-84-71(76)54-46-38-31-23-26-34-42-50-64(4)5/h63-69,74H,9-62H2,1-8H3,(H,79,80)(H,81,82)/t66?,67?,68-,69-/m1/s1. The van der Waals surface area contributed by atoms with Gasteiger partial charge in [0, 0.05) is 25.7 Å². The molecule has 0 saturated heterocycles. The number of unbranched alkanes of at least 4 members (excludes halogenated alkanes) is 35. The van der Waals surface area contributed by atoms with E-state index in [9.17, 15) is 43.2 Å². The van der Waals surface area contributed by atoms with Crippen LogP contribution in [0.2, 0.25) is 0 Å². The summed E-state index contributed by atoms with van der Waals surface area (Å²) in [6.45, 7) is 14.1. The van der Waals surface area contributed by atoms with Crippen molar-refractivity contribution in [1.82, 2.24) is 0 Å². The maximum Gasteiger partial charge on any atom is 0.472 e. The lowest BCUT2D eigenvalue weighted by Crippen LogP contribution is -2.30. The van der Waals surface area contributed by atoms with E-state index >= 15 is 0 Å². The average Bonchev–Trinajstić information content (AvgIpc) is 1.50. The highest BCUT2D eigenvalue weighted by atomic mass is 31.2. The maximum absolute atomic E-state index is 13.1. The van der Waals surface area contributed by atoms with Crippen molar-refractivity contribution in [3.63, 3.8) is 0 Å². The summed E-state index contributed by atoms with van der Waals surface area (Å²) in [5.74, 6) is 0.890. The number of ether oxygens (including phenoxy) is 4. The Morgan fingerprint density at radius 3 is 0.772 bits per heavy atom. The smallest absolute Gasteiger partial charge is 0.462 e. The molecule has 0 heterocycles. The van der Waals surface area contributed by atoms with Gasteiger partial charge in [-0.25, -0.2) is 9.13 Å². The summed E-state index contributed by atoms with van der Waals surface area (Å²) in [5, 5.41) is 10.6. The molecule has 92 heavy (non-hydrogen) atoms. The minimum absolute atomic E-state index is 0.102. The van der Waals surface area contributed by atoms with E-state index in [1.807, 2.05) is 0 Å². The molecule has 4 unspecified atom stereocenters. The molecule has 0 aliphatic rings. The normalized spacial score (nSPS) is 14.5. The molecular weight excluding hydrogens is 1210 g/mol. The molecule has 6 atom stereocenters. The van der Waals surface area contributed by atoms with Crippen molar-refractivity contribution in [2.45, 2.75) is 382 Å². The molecule has 546 valence electrons. The van der Waals surface area contributed by atoms with Crippen LogP contribution in [0.1, 0.15) is 364 Å². The second kappa shape index (κ2) is 62.6. The molecular formula is C73H142O17P2. The summed E-state index contributed by atoms with van der Waals surface area (Å²) in [6.07, 6.45) is 45.9. The number of esters is 4. The van der Waals surface area contributed by atoms with E-state index in [0.717, 1.165) is 108 Å². The molecule has 0 radical (unpaired) electrons. The van der Waals surface area contributed by atoms with Crippen molar-refractivity contribution in [3.05, 3.63) is 0 Å². The minimum atomic E-state index is -4.96. The Bertz CT molecular complexity index is 1820. The average molecular weight is 1350 g/mol. The lowest BCUT2D eigenvalue weighted by molar-refractivity contribution is -0.161. The molecule has 17 nitrogen and oxygen atoms in total. The highest BCUT2D eigenvalue weighted by Gasteiger charge is 2.30. The lowest BCUT2D eigenvalue weighted by Gasteiger charge is -2.21. The SMILES string of the molecule is CCC(C)CCCCCCCCCCCCCCCCC(=O)O[C@H](COC(=O)CCCCCCCCCCCCCC(C)C)COP(=O)(O)OCC(O)COP(=O)(O)OC[C@@H](COC(=O)CCCCCCCCCC(C)C)OC(=O)CCCCCCCCCC(C)C. The molecule has 0 aromatic carbocycles. The minimum Gasteiger partial charge on any atom is -0.462 e. The van der Waals surface area contributed by atoms with Gasteiger partial charge >= 0.3 is 39.5 Å². The predicted octanol–water partition coefficient (Wildman–Crippen LogP) is 20.9. The first kappa shape index (κ1) is 90.1. The van der Waals surface area contributed by atoms with E-state index in [0.29, 0.717) is 37.5 Å². The molecule has 0 aromatic heterocycles. The third kappa shape index (κ3) is 65.4. The molecule has 0 aromatic rings. The van der Waals surface area contributed by atoms with Crippen LogP contribution in [0.25, 0.3) is 0 Å². The number of aliphatic hydroxyl groups is 1. The third-order valence-corrected chi connectivity index (χ3v) is 19.1. The van der Waals surface area contributed by atoms with Crippen molar-refractivity contribution >= 4 is 39.5 Å². The Balaban J connectivity index is 5.24. The number of aliphatic hydroxyl groups excluding tert-OH is 1. The Morgan fingerprint density at radius 1 is 0.304 bits per heavy atom. The van der Waals surface area contributed by atoms with Crippen LogP contribution in [-0.4, -0.2) is 96.7 Å². The van der Waals surface area contributed by atoms with Crippen LogP contribution in [0.15, 0.2) is 0 Å². The largest absolute Gasteiger partial charge is 0.472 e. The van der Waals surface area contributed by atoms with Crippen LogP contribution in [0.3, 0.4) is 0 Å². The van der Waals surface area contributed by atoms with Gasteiger partial charge in [0.25, 0.3) is 0 Å². The Labute approximate surface area is 562 Å². The highest BCUT2D eigenvalue weighted by molar-refractivity contribution is 7.47. The van der Waals surface area contributed by atoms with E-state index in [-0.39, 0.29) is 25.7 Å². The molecule has 0 amide bonds. The lowest BCUT2D eigenvalue weighted by atomic mass is 9.99. The van der Waals surface area contributed by atoms with Gasteiger partial charge in [-0.15, -0.1) is 0 Å². The fourth-order valence-electron chi connectivity index (χ4n) is 11.0. The third-order valence-electron chi connectivity index (χ3n) is 17.2. The van der Waals surface area contributed by atoms with Crippen molar-refractivity contribution < 1.29 is 80.2 Å². The van der Waals surface area contributed by atoms with Crippen LogP contribution in [0.5, 0.6) is 0 Å². The monoisotopic (exact) mass is 1350 g/mol. The van der Waals surface area contributed by atoms with Gasteiger partial charge in [0.2, 0.25) is 0 Å². The van der Waals surface area contributed by atoms with E-state index in [4.69, 9.17) is 37.0 Å². The van der Waals surface area contributed by atoms with Crippen molar-refractivity contribution in [3.8, 4) is 0 Å². The summed E-state index contributed by atoms with van der Waals surface area (Å²) >= 11 is 0. The summed E-state index contributed by atoms with van der Waals surface area (Å²) < 4.78 is 68.4. The zero-order valence-electron chi connectivity index (χ0n) is 60.2. The van der Waals surface area contributed by atoms with E-state index < -0.39 is 97.5 Å². The zero-order chi connectivity index (χ0) is 68.2. The van der Waals surface area contributed by atoms with Crippen LogP contribution in [0, 0.1) is 23.7 Å². The molecule has 0 aliphatic carbocycles. The van der Waals surface area contributed by atoms with E-state index in [1.54, 1.807) is 0 Å². The number of rotatable bonds is 70. The Morgan fingerprint density at radius 2 is 0.522 bits per heavy atom. The topological polar surface area (TPSA) is 237 Å². The molecule has 0 aliphatic heterocycles. The summed E-state index contributed by atoms with van der Waals surface area (Å²) in [7, 11) is -9.91. The molecule has 0 rings (SSSR count). The quantitative estimate of drug-likeness (QED) is 0.0222. The van der Waals surface area contributed by atoms with Gasteiger partial charge in [0.15, 0.2) is 12.2 Å². The fraction of sp³-hybridized carbons (Fsp3) is 0.945. The van der Waals surface area contributed by atoms with Crippen LogP contribution < -0.4 is 0 Å². The number of carbonyl (C=O) groups excluding carboxylic acids is 4. The van der Waals surface area contributed by atoms with E-state index in [2.05, 4.69) is 55.4 Å². The van der Waals surface area contributed by atoms with Crippen molar-refractivity contribution in [1.29, 1.82) is 0 Å². The van der Waals surface area contributed by atoms with Crippen LogP contribution >= 0.6 is 15.6 Å². The number of phosphoric acid groups is 2. The summed E-state index contributed by atoms with van der Waals surface area (Å²) in [4.78, 5) is 72.6. The number of carbonyl (C=O) groups is 4. The first-order valence-corrected chi connectivity index (χ1v) is 40.7. The van der Waals surface area contributed by atoms with Gasteiger partial charge in [0.05, 0.1) is 26.4 Å². The van der Waals surface area contributed by atoms with Gasteiger partial charge in [-0.2, -0.15) is 0 Å². The molecule has 3 N–H and O–H groups in total. The molecule has 19 heteroatoms. The van der Waals surface area contributed by atoms with E-state index in [1.165, 1.54) is 161 Å². The Kier molecular flexibility index (Phi) is 61.3. The second-order valence-electron chi connectivity index (χ2n) is 28.0. The number of hydrogen-bond donors (Lipinski definition) is 3. The Hall–Kier alpha value is -1.94. The zero-order valence-corrected chi connectivity index (χ0v) is 62.0. The van der Waals surface area contributed by atoms with Crippen LogP contribution in [0.4, 0.5) is 0 Å². The van der Waals surface area contributed by atoms with Crippen molar-refractivity contribution in [2.75, 3.05) is 39.6 Å². The van der Waals surface area contributed by atoms with Gasteiger partial charge in [0.1, 0.15) is 19.3 Å². The number of hydrogen-bond acceptors (Lipinski definition) is 15. The molecule has 0 spiro atoms. The fourth-order valence-corrected chi connectivity index (χ4v) is 12.6. The second-order valence-corrected chi connectivity index (χ2v) is 30.9. The van der Waals surface area contributed by atoms with Gasteiger partial charge in [-0.05, 0) is 49.4 Å². The molecule has 0 bridgehead atoms. The van der Waals surface area contributed by atoms with Gasteiger partial charge in [-0.1, -0.05) is 312 Å². The van der Waals surface area contributed by atoms with Gasteiger partial charge < -0.3 is 33.8 Å². The number of phosphoric ester groups is 2. The predicted molar refractivity (Wildman–Crippen MR) is 372 cm³/mol. The van der Waals surface area contributed by atoms with Gasteiger partial charge in [-0.3, -0.25) is 37.3 Å². The maximum atomic E-state index is 13.1. The summed E-state index contributed by atoms with van der Waals surface area (Å²) in [6, 6.07) is 0. The molecule has 0 saturated carbocycles. The first-order valence-electron chi connectivity index (χ1n) is 37.7. The molecule has 0 fully saturated rings. The van der Waals surface area contributed by atoms with Crippen LogP contribution in [-0.2, 0) is 65.4 Å². The van der Waals surface area contributed by atoms with Crippen molar-refractivity contribution in [2.24, 2.45) is 23.7 Å². The highest BCUT2D eigenvalue weighted by Crippen LogP contribution is 2.45. The summed E-state index contributed by atoms with van der Waals surface area (Å²) in [5.41, 5.74) is 0. The first-order chi connectivity index (χ1) is 44.1.